The predicted molar refractivity (Wildman–Crippen MR) is 79.9 cm³/mol. The molecule has 0 aliphatic rings. The Morgan fingerprint density at radius 1 is 1.16 bits per heavy atom. The van der Waals surface area contributed by atoms with E-state index in [0.29, 0.717) is 5.69 Å². The van der Waals surface area contributed by atoms with Crippen molar-refractivity contribution >= 4 is 33.0 Å². The molecule has 0 spiro atoms. The highest BCUT2D eigenvalue weighted by atomic mass is 79.9. The van der Waals surface area contributed by atoms with Crippen molar-refractivity contribution in [2.24, 2.45) is 0 Å². The van der Waals surface area contributed by atoms with Gasteiger partial charge in [0.05, 0.1) is 12.8 Å². The molecule has 0 fully saturated rings. The lowest BCUT2D eigenvalue weighted by Crippen LogP contribution is -2.17. The van der Waals surface area contributed by atoms with Crippen LogP contribution in [0.4, 0.5) is 17.1 Å². The number of hydrogen-bond acceptors (Lipinski definition) is 4. The molecule has 2 N–H and O–H groups in total. The van der Waals surface area contributed by atoms with E-state index in [4.69, 9.17) is 4.84 Å². The fourth-order valence-corrected chi connectivity index (χ4v) is 2.23. The second kappa shape index (κ2) is 6.06. The second-order valence-corrected chi connectivity index (χ2v) is 4.97. The summed E-state index contributed by atoms with van der Waals surface area (Å²) in [6.45, 7) is 2.02. The number of hydrogen-bond donors (Lipinski definition) is 2. The summed E-state index contributed by atoms with van der Waals surface area (Å²) in [6, 6.07) is 13.3. The lowest BCUT2D eigenvalue weighted by Gasteiger charge is -2.18. The van der Waals surface area contributed by atoms with Crippen molar-refractivity contribution in [2.75, 3.05) is 17.7 Å². The van der Waals surface area contributed by atoms with Gasteiger partial charge in [-0.1, -0.05) is 28.1 Å². The van der Waals surface area contributed by atoms with E-state index in [1.54, 1.807) is 6.07 Å². The molecular weight excluding hydrogens is 308 g/mol. The van der Waals surface area contributed by atoms with Gasteiger partial charge in [0.15, 0.2) is 0 Å². The molecule has 0 aliphatic heterocycles. The minimum atomic E-state index is 0.548. The van der Waals surface area contributed by atoms with Gasteiger partial charge in [0.25, 0.3) is 0 Å². The molecule has 2 aromatic carbocycles. The monoisotopic (exact) mass is 322 g/mol. The largest absolute Gasteiger partial charge is 0.353 e. The van der Waals surface area contributed by atoms with Crippen LogP contribution in [0.2, 0.25) is 0 Å². The summed E-state index contributed by atoms with van der Waals surface area (Å²) in [5.74, 6) is 0. The summed E-state index contributed by atoms with van der Waals surface area (Å²) in [5.41, 5.74) is 3.39. The number of para-hydroxylation sites is 2. The Bertz CT molecular complexity index is 575. The van der Waals surface area contributed by atoms with Crippen molar-refractivity contribution in [1.82, 2.24) is 0 Å². The van der Waals surface area contributed by atoms with Crippen molar-refractivity contribution in [3.8, 4) is 0 Å². The molecule has 0 heterocycles. The van der Waals surface area contributed by atoms with Gasteiger partial charge < -0.3 is 5.32 Å². The van der Waals surface area contributed by atoms with E-state index in [0.717, 1.165) is 26.6 Å². The van der Waals surface area contributed by atoms with Crippen molar-refractivity contribution < 1.29 is 10.0 Å². The Balaban J connectivity index is 2.33. The van der Waals surface area contributed by atoms with Crippen LogP contribution in [-0.2, 0) is 4.84 Å². The smallest absolute Gasteiger partial charge is 0.118 e. The van der Waals surface area contributed by atoms with Gasteiger partial charge in [-0.25, -0.2) is 0 Å². The van der Waals surface area contributed by atoms with Crippen LogP contribution >= 0.6 is 15.9 Å². The van der Waals surface area contributed by atoms with Crippen molar-refractivity contribution in [3.05, 3.63) is 52.5 Å². The quantitative estimate of drug-likeness (QED) is 0.825. The number of rotatable bonds is 4. The first-order valence-corrected chi connectivity index (χ1v) is 6.56. The third-order valence-corrected chi connectivity index (χ3v) is 3.23. The van der Waals surface area contributed by atoms with E-state index < -0.39 is 0 Å². The topological polar surface area (TPSA) is 44.7 Å². The van der Waals surface area contributed by atoms with Crippen LogP contribution in [0.1, 0.15) is 5.56 Å². The number of halogens is 1. The molecule has 0 bridgehead atoms. The predicted octanol–water partition coefficient (Wildman–Crippen LogP) is 4.26. The molecule has 5 heteroatoms. The highest BCUT2D eigenvalue weighted by molar-refractivity contribution is 9.10. The fraction of sp³-hybridized carbons (Fsp3) is 0.143. The third-order valence-electron chi connectivity index (χ3n) is 2.74. The van der Waals surface area contributed by atoms with Crippen LogP contribution in [0.25, 0.3) is 0 Å². The third kappa shape index (κ3) is 3.26. The van der Waals surface area contributed by atoms with Gasteiger partial charge in [-0.3, -0.25) is 10.0 Å². The van der Waals surface area contributed by atoms with Gasteiger partial charge in [-0.2, -0.15) is 0 Å². The maximum atomic E-state index is 9.67. The van der Waals surface area contributed by atoms with E-state index in [2.05, 4.69) is 21.2 Å². The molecule has 0 radical (unpaired) electrons. The first kappa shape index (κ1) is 13.9. The minimum absolute atomic E-state index is 0.548. The Morgan fingerprint density at radius 3 is 2.58 bits per heavy atom. The zero-order valence-electron chi connectivity index (χ0n) is 10.7. The van der Waals surface area contributed by atoms with Gasteiger partial charge >= 0.3 is 0 Å². The number of anilines is 3. The lowest BCUT2D eigenvalue weighted by molar-refractivity contribution is -0.0106. The standard InChI is InChI=1S/C14H15BrN2O2/c1-10-9-11(15)7-8-12(10)16-13-5-3-4-6-14(13)17(18)19-2/h3-9,16,18H,1-2H3. The summed E-state index contributed by atoms with van der Waals surface area (Å²) in [4.78, 5) is 4.81. The van der Waals surface area contributed by atoms with Crippen LogP contribution in [-0.4, -0.2) is 12.3 Å². The van der Waals surface area contributed by atoms with Crippen LogP contribution in [0, 0.1) is 6.92 Å². The molecule has 100 valence electrons. The van der Waals surface area contributed by atoms with E-state index >= 15 is 0 Å². The lowest BCUT2D eigenvalue weighted by atomic mass is 10.2. The summed E-state index contributed by atoms with van der Waals surface area (Å²) < 4.78 is 1.03. The van der Waals surface area contributed by atoms with E-state index in [9.17, 15) is 5.21 Å². The Kier molecular flexibility index (Phi) is 4.42. The van der Waals surface area contributed by atoms with Crippen molar-refractivity contribution in [2.45, 2.75) is 6.92 Å². The Labute approximate surface area is 120 Å². The molecular formula is C14H15BrN2O2. The second-order valence-electron chi connectivity index (χ2n) is 4.06. The minimum Gasteiger partial charge on any atom is -0.353 e. The Hall–Kier alpha value is -1.56. The highest BCUT2D eigenvalue weighted by Crippen LogP contribution is 2.30. The normalized spacial score (nSPS) is 10.3. The van der Waals surface area contributed by atoms with Gasteiger partial charge in [-0.05, 0) is 42.8 Å². The van der Waals surface area contributed by atoms with Gasteiger partial charge in [0, 0.05) is 10.2 Å². The zero-order valence-corrected chi connectivity index (χ0v) is 12.3. The number of benzene rings is 2. The SMILES string of the molecule is CON(O)c1ccccc1Nc1ccc(Br)cc1C. The van der Waals surface area contributed by atoms with E-state index in [1.165, 1.54) is 7.11 Å². The van der Waals surface area contributed by atoms with Crippen molar-refractivity contribution in [3.63, 3.8) is 0 Å². The fourth-order valence-electron chi connectivity index (χ4n) is 1.76. The molecule has 4 nitrogen and oxygen atoms in total. The number of aryl methyl sites for hydroxylation is 1. The summed E-state index contributed by atoms with van der Waals surface area (Å²) in [7, 11) is 1.40. The maximum absolute atomic E-state index is 9.67. The van der Waals surface area contributed by atoms with Gasteiger partial charge in [0.2, 0.25) is 0 Å². The molecule has 0 unspecified atom stereocenters. The Morgan fingerprint density at radius 2 is 1.89 bits per heavy atom. The van der Waals surface area contributed by atoms with Crippen LogP contribution in [0.3, 0.4) is 0 Å². The van der Waals surface area contributed by atoms with Gasteiger partial charge in [-0.15, -0.1) is 5.23 Å². The average Bonchev–Trinajstić information content (AvgIpc) is 2.41. The molecule has 0 saturated heterocycles. The molecule has 0 saturated carbocycles. The average molecular weight is 323 g/mol. The molecule has 0 aromatic heterocycles. The zero-order chi connectivity index (χ0) is 13.8. The summed E-state index contributed by atoms with van der Waals surface area (Å²) in [6.07, 6.45) is 0. The molecule has 0 amide bonds. The highest BCUT2D eigenvalue weighted by Gasteiger charge is 2.09. The van der Waals surface area contributed by atoms with Crippen molar-refractivity contribution in [1.29, 1.82) is 0 Å². The molecule has 2 aromatic rings. The number of nitrogens with zero attached hydrogens (tertiary/aromatic N) is 1. The summed E-state index contributed by atoms with van der Waals surface area (Å²) in [5, 5.41) is 13.7. The van der Waals surface area contributed by atoms with E-state index in [1.807, 2.05) is 43.3 Å². The molecule has 19 heavy (non-hydrogen) atoms. The van der Waals surface area contributed by atoms with Crippen LogP contribution < -0.4 is 10.5 Å². The van der Waals surface area contributed by atoms with Crippen LogP contribution in [0.15, 0.2) is 46.9 Å². The number of nitrogens with one attached hydrogen (secondary N) is 1. The van der Waals surface area contributed by atoms with Gasteiger partial charge in [0.1, 0.15) is 5.69 Å². The molecule has 0 aliphatic carbocycles. The molecule has 0 atom stereocenters. The first-order chi connectivity index (χ1) is 9.11. The molecule has 2 rings (SSSR count). The first-order valence-electron chi connectivity index (χ1n) is 5.77. The summed E-state index contributed by atoms with van der Waals surface area (Å²) >= 11 is 3.43. The van der Waals surface area contributed by atoms with Crippen LogP contribution in [0.5, 0.6) is 0 Å². The van der Waals surface area contributed by atoms with E-state index in [-0.39, 0.29) is 0 Å². The maximum Gasteiger partial charge on any atom is 0.118 e.